The Morgan fingerprint density at radius 3 is 2.68 bits per heavy atom. The van der Waals surface area contributed by atoms with Crippen molar-refractivity contribution in [1.29, 1.82) is 0 Å². The van der Waals surface area contributed by atoms with Crippen LogP contribution < -0.4 is 5.32 Å². The number of hydrogen-bond donors (Lipinski definition) is 1. The van der Waals surface area contributed by atoms with Crippen molar-refractivity contribution in [3.05, 3.63) is 56.9 Å². The van der Waals surface area contributed by atoms with E-state index < -0.39 is 17.7 Å². The van der Waals surface area contributed by atoms with Crippen molar-refractivity contribution in [2.24, 2.45) is 0 Å². The second-order valence-corrected chi connectivity index (χ2v) is 5.09. The molecule has 0 aliphatic carbocycles. The zero-order chi connectivity index (χ0) is 14.0. The summed E-state index contributed by atoms with van der Waals surface area (Å²) in [6.45, 7) is 2.37. The van der Waals surface area contributed by atoms with Crippen LogP contribution in [0.1, 0.15) is 24.1 Å². The molecule has 2 rings (SSSR count). The third-order valence-electron chi connectivity index (χ3n) is 2.73. The Bertz CT molecular complexity index is 588. The second kappa shape index (κ2) is 6.03. The number of hydrogen-bond acceptors (Lipinski definition) is 2. The lowest BCUT2D eigenvalue weighted by Crippen LogP contribution is -2.24. The average molecular weight is 351 g/mol. The predicted octanol–water partition coefficient (Wildman–Crippen LogP) is 4.67. The van der Waals surface area contributed by atoms with Crippen LogP contribution in [0.25, 0.3) is 0 Å². The predicted molar refractivity (Wildman–Crippen MR) is 73.3 cm³/mol. The Kier molecular flexibility index (Phi) is 4.60. The van der Waals surface area contributed by atoms with Crippen molar-refractivity contribution < 1.29 is 13.2 Å². The molecule has 0 aliphatic heterocycles. The fraction of sp³-hybridized carbons (Fsp3) is 0.231. The molecule has 2 nitrogen and oxygen atoms in total. The summed E-state index contributed by atoms with van der Waals surface area (Å²) in [5.41, 5.74) is 0.416. The van der Waals surface area contributed by atoms with Gasteiger partial charge in [0.2, 0.25) is 0 Å². The molecule has 1 aromatic heterocycles. The molecule has 0 spiro atoms. The first-order valence-electron chi connectivity index (χ1n) is 5.66. The first-order valence-corrected chi connectivity index (χ1v) is 6.83. The van der Waals surface area contributed by atoms with Crippen molar-refractivity contribution in [3.8, 4) is 0 Å². The summed E-state index contributed by atoms with van der Waals surface area (Å²) in [5.74, 6) is -1.29. The first kappa shape index (κ1) is 14.5. The lowest BCUT2D eigenvalue weighted by Gasteiger charge is -2.19. The van der Waals surface area contributed by atoms with Crippen molar-refractivity contribution >= 4 is 27.5 Å². The van der Waals surface area contributed by atoms with Crippen LogP contribution in [0.5, 0.6) is 0 Å². The Morgan fingerprint density at radius 2 is 2.11 bits per heavy atom. The van der Waals surface area contributed by atoms with Gasteiger partial charge in [0, 0.05) is 11.1 Å². The van der Waals surface area contributed by atoms with E-state index in [1.807, 2.05) is 6.92 Å². The Hall–Kier alpha value is -0.910. The number of rotatable bonds is 4. The first-order chi connectivity index (χ1) is 9.06. The van der Waals surface area contributed by atoms with Crippen molar-refractivity contribution in [1.82, 2.24) is 5.32 Å². The molecule has 1 heterocycles. The molecule has 2 aromatic rings. The van der Waals surface area contributed by atoms with E-state index in [2.05, 4.69) is 21.2 Å². The van der Waals surface area contributed by atoms with E-state index in [1.54, 1.807) is 6.07 Å². The van der Waals surface area contributed by atoms with Crippen LogP contribution in [-0.2, 0) is 0 Å². The Morgan fingerprint density at radius 1 is 1.37 bits per heavy atom. The third-order valence-corrected chi connectivity index (χ3v) is 3.65. The number of halogens is 4. The maximum atomic E-state index is 14.2. The molecular formula is C13H11BrClF2NO. The van der Waals surface area contributed by atoms with Gasteiger partial charge in [0.25, 0.3) is 0 Å². The van der Waals surface area contributed by atoms with Gasteiger partial charge in [-0.3, -0.25) is 0 Å². The molecule has 19 heavy (non-hydrogen) atoms. The maximum Gasteiger partial charge on any atom is 0.198 e. The molecule has 0 amide bonds. The van der Waals surface area contributed by atoms with Crippen LogP contribution in [-0.4, -0.2) is 6.54 Å². The summed E-state index contributed by atoms with van der Waals surface area (Å²) >= 11 is 8.96. The van der Waals surface area contributed by atoms with E-state index in [4.69, 9.17) is 16.0 Å². The number of nitrogens with one attached hydrogen (secondary N) is 1. The highest BCUT2D eigenvalue weighted by Gasteiger charge is 2.25. The maximum absolute atomic E-state index is 14.2. The van der Waals surface area contributed by atoms with Gasteiger partial charge in [0.05, 0.1) is 16.8 Å². The summed E-state index contributed by atoms with van der Waals surface area (Å²) in [6.07, 6.45) is 1.38. The highest BCUT2D eigenvalue weighted by Crippen LogP contribution is 2.34. The standard InChI is InChI=1S/C13H11BrClF2NO/c1-2-18-12(7-5-6-19-13(7)15)10-9(16)4-3-8(14)11(10)17/h3-6,12,18H,2H2,1H3. The zero-order valence-electron chi connectivity index (χ0n) is 10.0. The van der Waals surface area contributed by atoms with Crippen molar-refractivity contribution in [3.63, 3.8) is 0 Å². The monoisotopic (exact) mass is 349 g/mol. The van der Waals surface area contributed by atoms with Crippen LogP contribution in [0, 0.1) is 11.6 Å². The van der Waals surface area contributed by atoms with Crippen LogP contribution in [0.4, 0.5) is 8.78 Å². The smallest absolute Gasteiger partial charge is 0.198 e. The zero-order valence-corrected chi connectivity index (χ0v) is 12.4. The molecule has 0 bridgehead atoms. The molecule has 1 aromatic carbocycles. The largest absolute Gasteiger partial charge is 0.453 e. The number of benzene rings is 1. The van der Waals surface area contributed by atoms with Crippen molar-refractivity contribution in [2.75, 3.05) is 6.54 Å². The van der Waals surface area contributed by atoms with Gasteiger partial charge in [-0.1, -0.05) is 6.92 Å². The summed E-state index contributed by atoms with van der Waals surface area (Å²) in [7, 11) is 0. The fourth-order valence-electron chi connectivity index (χ4n) is 1.89. The van der Waals surface area contributed by atoms with Crippen LogP contribution in [0.2, 0.25) is 5.22 Å². The topological polar surface area (TPSA) is 25.2 Å². The molecule has 102 valence electrons. The summed E-state index contributed by atoms with van der Waals surface area (Å²) in [4.78, 5) is 0. The van der Waals surface area contributed by atoms with Gasteiger partial charge in [0.1, 0.15) is 11.6 Å². The van der Waals surface area contributed by atoms with Crippen molar-refractivity contribution in [2.45, 2.75) is 13.0 Å². The Labute approximate surface area is 122 Å². The molecule has 1 unspecified atom stereocenters. The van der Waals surface area contributed by atoms with E-state index in [-0.39, 0.29) is 15.3 Å². The molecule has 0 aliphatic rings. The van der Waals surface area contributed by atoms with Crippen LogP contribution >= 0.6 is 27.5 Å². The summed E-state index contributed by atoms with van der Waals surface area (Å²) in [6, 6.07) is 3.43. The quantitative estimate of drug-likeness (QED) is 0.811. The van der Waals surface area contributed by atoms with E-state index in [0.29, 0.717) is 12.1 Å². The van der Waals surface area contributed by atoms with E-state index >= 15 is 0 Å². The van der Waals surface area contributed by atoms with Gasteiger partial charge in [-0.25, -0.2) is 8.78 Å². The lowest BCUT2D eigenvalue weighted by atomic mass is 10.00. The van der Waals surface area contributed by atoms with Gasteiger partial charge in [-0.05, 0) is 52.3 Å². The normalized spacial score (nSPS) is 12.7. The van der Waals surface area contributed by atoms with Crippen LogP contribution in [0.15, 0.2) is 33.4 Å². The van der Waals surface area contributed by atoms with Gasteiger partial charge in [-0.15, -0.1) is 0 Å². The number of furan rings is 1. The summed E-state index contributed by atoms with van der Waals surface area (Å²) in [5, 5.41) is 3.12. The molecular weight excluding hydrogens is 340 g/mol. The molecule has 0 fully saturated rings. The highest BCUT2D eigenvalue weighted by atomic mass is 79.9. The highest BCUT2D eigenvalue weighted by molar-refractivity contribution is 9.10. The molecule has 1 N–H and O–H groups in total. The van der Waals surface area contributed by atoms with Gasteiger partial charge < -0.3 is 9.73 Å². The van der Waals surface area contributed by atoms with E-state index in [1.165, 1.54) is 18.4 Å². The van der Waals surface area contributed by atoms with Crippen LogP contribution in [0.3, 0.4) is 0 Å². The minimum atomic E-state index is -0.700. The van der Waals surface area contributed by atoms with E-state index in [9.17, 15) is 8.78 Å². The molecule has 0 saturated carbocycles. The lowest BCUT2D eigenvalue weighted by molar-refractivity contribution is 0.502. The van der Waals surface area contributed by atoms with Gasteiger partial charge in [-0.2, -0.15) is 0 Å². The molecule has 6 heteroatoms. The fourth-order valence-corrected chi connectivity index (χ4v) is 2.46. The minimum absolute atomic E-state index is 0.0838. The van der Waals surface area contributed by atoms with Gasteiger partial charge >= 0.3 is 0 Å². The third kappa shape index (κ3) is 2.83. The molecule has 0 radical (unpaired) electrons. The second-order valence-electron chi connectivity index (χ2n) is 3.90. The molecule has 0 saturated heterocycles. The van der Waals surface area contributed by atoms with E-state index in [0.717, 1.165) is 0 Å². The minimum Gasteiger partial charge on any atom is -0.453 e. The summed E-state index contributed by atoms with van der Waals surface area (Å²) < 4.78 is 33.3. The Balaban J connectivity index is 2.57. The molecule has 1 atom stereocenters. The SMILES string of the molecule is CCNC(c1ccoc1Cl)c1c(F)ccc(Br)c1F. The van der Waals surface area contributed by atoms with Gasteiger partial charge in [0.15, 0.2) is 5.22 Å². The average Bonchev–Trinajstić information content (AvgIpc) is 2.79.